The third-order valence-corrected chi connectivity index (χ3v) is 3.08. The number of carbonyl (C=O) groups excluding carboxylic acids is 1. The molecule has 2 aromatic carbocycles. The van der Waals surface area contributed by atoms with Crippen molar-refractivity contribution in [1.29, 1.82) is 0 Å². The first-order valence-corrected chi connectivity index (χ1v) is 7.02. The lowest BCUT2D eigenvalue weighted by atomic mass is 10.2. The molecule has 0 radical (unpaired) electrons. The first-order valence-electron chi connectivity index (χ1n) is 7.02. The van der Waals surface area contributed by atoms with Crippen LogP contribution >= 0.6 is 0 Å². The van der Waals surface area contributed by atoms with E-state index in [0.717, 1.165) is 0 Å². The minimum absolute atomic E-state index is 0.259. The van der Waals surface area contributed by atoms with Gasteiger partial charge in [0, 0.05) is 11.6 Å². The van der Waals surface area contributed by atoms with E-state index in [1.54, 1.807) is 18.2 Å². The molecule has 0 bridgehead atoms. The molecule has 23 heavy (non-hydrogen) atoms. The van der Waals surface area contributed by atoms with Gasteiger partial charge in [0.1, 0.15) is 29.7 Å². The summed E-state index contributed by atoms with van der Waals surface area (Å²) in [6.45, 7) is 0.591. The normalized spacial score (nSPS) is 10.0. The van der Waals surface area contributed by atoms with Crippen LogP contribution in [-0.4, -0.2) is 33.3 Å². The van der Waals surface area contributed by atoms with E-state index in [1.807, 2.05) is 0 Å². The van der Waals surface area contributed by atoms with Crippen molar-refractivity contribution < 1.29 is 23.4 Å². The van der Waals surface area contributed by atoms with Crippen LogP contribution in [0.1, 0.15) is 10.4 Å². The van der Waals surface area contributed by atoms with Gasteiger partial charge in [-0.15, -0.1) is 0 Å². The minimum Gasteiger partial charge on any atom is -0.497 e. The van der Waals surface area contributed by atoms with Gasteiger partial charge >= 0.3 is 0 Å². The number of methoxy groups -OCH3 is 2. The highest BCUT2D eigenvalue weighted by Crippen LogP contribution is 2.22. The Kier molecular flexibility index (Phi) is 5.80. The second-order valence-electron chi connectivity index (χ2n) is 4.66. The van der Waals surface area contributed by atoms with Crippen molar-refractivity contribution in [3.63, 3.8) is 0 Å². The Morgan fingerprint density at radius 3 is 2.17 bits per heavy atom. The van der Waals surface area contributed by atoms with Crippen LogP contribution in [-0.2, 0) is 0 Å². The average molecular weight is 319 g/mol. The highest BCUT2D eigenvalue weighted by molar-refractivity contribution is 5.95. The molecule has 0 aliphatic rings. The standard InChI is InChI=1S/C17H18FNO4/c1-21-15-9-12(10-16(11-15)22-2)17(20)19-7-8-23-14-5-3-13(18)4-6-14/h3-6,9-11H,7-8H2,1-2H3,(H,19,20). The molecule has 0 aliphatic carbocycles. The molecular weight excluding hydrogens is 301 g/mol. The van der Waals surface area contributed by atoms with Crippen molar-refractivity contribution in [2.24, 2.45) is 0 Å². The number of nitrogens with one attached hydrogen (secondary N) is 1. The predicted octanol–water partition coefficient (Wildman–Crippen LogP) is 2.65. The number of halogens is 1. The van der Waals surface area contributed by atoms with Crippen molar-refractivity contribution >= 4 is 5.91 Å². The molecule has 2 aromatic rings. The van der Waals surface area contributed by atoms with Crippen LogP contribution in [0, 0.1) is 5.82 Å². The van der Waals surface area contributed by atoms with Crippen molar-refractivity contribution in [3.8, 4) is 17.2 Å². The molecule has 2 rings (SSSR count). The molecule has 0 saturated heterocycles. The van der Waals surface area contributed by atoms with E-state index in [2.05, 4.69) is 5.32 Å². The highest BCUT2D eigenvalue weighted by atomic mass is 19.1. The first-order chi connectivity index (χ1) is 11.1. The quantitative estimate of drug-likeness (QED) is 0.797. The fourth-order valence-corrected chi connectivity index (χ4v) is 1.90. The first kappa shape index (κ1) is 16.6. The molecule has 5 nitrogen and oxygen atoms in total. The zero-order valence-electron chi connectivity index (χ0n) is 13.0. The number of carbonyl (C=O) groups is 1. The molecule has 1 amide bonds. The van der Waals surface area contributed by atoms with Crippen molar-refractivity contribution in [1.82, 2.24) is 5.32 Å². The van der Waals surface area contributed by atoms with Gasteiger partial charge in [0.05, 0.1) is 20.8 Å². The molecule has 0 fully saturated rings. The summed E-state index contributed by atoms with van der Waals surface area (Å²) in [6.07, 6.45) is 0. The van der Waals surface area contributed by atoms with Gasteiger partial charge in [-0.05, 0) is 36.4 Å². The van der Waals surface area contributed by atoms with Crippen LogP contribution in [0.25, 0.3) is 0 Å². The number of hydrogen-bond donors (Lipinski definition) is 1. The maximum absolute atomic E-state index is 12.8. The van der Waals surface area contributed by atoms with Gasteiger partial charge in [-0.2, -0.15) is 0 Å². The molecular formula is C17H18FNO4. The monoisotopic (exact) mass is 319 g/mol. The Morgan fingerprint density at radius 2 is 1.61 bits per heavy atom. The second-order valence-corrected chi connectivity index (χ2v) is 4.66. The third kappa shape index (κ3) is 4.88. The lowest BCUT2D eigenvalue weighted by Crippen LogP contribution is -2.28. The Hall–Kier alpha value is -2.76. The summed E-state index contributed by atoms with van der Waals surface area (Å²) in [6, 6.07) is 10.6. The van der Waals surface area contributed by atoms with Crippen LogP contribution in [0.2, 0.25) is 0 Å². The summed E-state index contributed by atoms with van der Waals surface area (Å²) < 4.78 is 28.4. The third-order valence-electron chi connectivity index (χ3n) is 3.08. The summed E-state index contributed by atoms with van der Waals surface area (Å²) in [5, 5.41) is 2.73. The molecule has 1 N–H and O–H groups in total. The van der Waals surface area contributed by atoms with Gasteiger partial charge < -0.3 is 19.5 Å². The molecule has 0 aliphatic heterocycles. The van der Waals surface area contributed by atoms with Gasteiger partial charge in [-0.25, -0.2) is 4.39 Å². The van der Waals surface area contributed by atoms with E-state index < -0.39 is 0 Å². The van der Waals surface area contributed by atoms with Crippen molar-refractivity contribution in [2.45, 2.75) is 0 Å². The van der Waals surface area contributed by atoms with Gasteiger partial charge in [0.15, 0.2) is 0 Å². The Bertz CT molecular complexity index is 636. The van der Waals surface area contributed by atoms with Gasteiger partial charge in [-0.3, -0.25) is 4.79 Å². The van der Waals surface area contributed by atoms with Crippen molar-refractivity contribution in [2.75, 3.05) is 27.4 Å². The van der Waals surface area contributed by atoms with Crippen LogP contribution in [0.5, 0.6) is 17.2 Å². The molecule has 0 saturated carbocycles. The molecule has 0 heterocycles. The zero-order chi connectivity index (χ0) is 16.7. The zero-order valence-corrected chi connectivity index (χ0v) is 13.0. The summed E-state index contributed by atoms with van der Waals surface area (Å²) in [4.78, 5) is 12.1. The molecule has 122 valence electrons. The second kappa shape index (κ2) is 8.03. The highest BCUT2D eigenvalue weighted by Gasteiger charge is 2.09. The minimum atomic E-state index is -0.322. The number of benzene rings is 2. The van der Waals surface area contributed by atoms with Gasteiger partial charge in [-0.1, -0.05) is 0 Å². The topological polar surface area (TPSA) is 56.8 Å². The van der Waals surface area contributed by atoms with E-state index in [1.165, 1.54) is 38.5 Å². The lowest BCUT2D eigenvalue weighted by Gasteiger charge is -2.10. The summed E-state index contributed by atoms with van der Waals surface area (Å²) >= 11 is 0. The molecule has 0 spiro atoms. The van der Waals surface area contributed by atoms with E-state index >= 15 is 0 Å². The fraction of sp³-hybridized carbons (Fsp3) is 0.235. The molecule has 0 aromatic heterocycles. The maximum atomic E-state index is 12.8. The summed E-state index contributed by atoms with van der Waals surface area (Å²) in [7, 11) is 3.04. The van der Waals surface area contributed by atoms with E-state index in [9.17, 15) is 9.18 Å². The average Bonchev–Trinajstić information content (AvgIpc) is 2.59. The number of rotatable bonds is 7. The lowest BCUT2D eigenvalue weighted by molar-refractivity contribution is 0.0946. The van der Waals surface area contributed by atoms with Gasteiger partial charge in [0.25, 0.3) is 5.91 Å². The van der Waals surface area contributed by atoms with Crippen LogP contribution in [0.3, 0.4) is 0 Å². The fourth-order valence-electron chi connectivity index (χ4n) is 1.90. The summed E-state index contributed by atoms with van der Waals surface area (Å²) in [5.74, 6) is 1.04. The summed E-state index contributed by atoms with van der Waals surface area (Å²) in [5.41, 5.74) is 0.433. The van der Waals surface area contributed by atoms with Crippen LogP contribution in [0.15, 0.2) is 42.5 Å². The van der Waals surface area contributed by atoms with Crippen LogP contribution < -0.4 is 19.5 Å². The predicted molar refractivity (Wildman–Crippen MR) is 83.8 cm³/mol. The number of hydrogen-bond acceptors (Lipinski definition) is 4. The number of ether oxygens (including phenoxy) is 3. The van der Waals surface area contributed by atoms with E-state index in [-0.39, 0.29) is 18.3 Å². The smallest absolute Gasteiger partial charge is 0.251 e. The Labute approximate surface area is 134 Å². The SMILES string of the molecule is COc1cc(OC)cc(C(=O)NCCOc2ccc(F)cc2)c1. The number of amides is 1. The molecule has 0 unspecified atom stereocenters. The van der Waals surface area contributed by atoms with Crippen LogP contribution in [0.4, 0.5) is 4.39 Å². The Morgan fingerprint density at radius 1 is 1.00 bits per heavy atom. The van der Waals surface area contributed by atoms with E-state index in [0.29, 0.717) is 29.4 Å². The largest absolute Gasteiger partial charge is 0.497 e. The van der Waals surface area contributed by atoms with E-state index in [4.69, 9.17) is 14.2 Å². The Balaban J connectivity index is 1.86. The molecule has 6 heteroatoms. The van der Waals surface area contributed by atoms with Crippen molar-refractivity contribution in [3.05, 3.63) is 53.8 Å². The van der Waals surface area contributed by atoms with Gasteiger partial charge in [0.2, 0.25) is 0 Å². The molecule has 0 atom stereocenters. The maximum Gasteiger partial charge on any atom is 0.251 e.